The highest BCUT2D eigenvalue weighted by atomic mass is 19.1. The van der Waals surface area contributed by atoms with E-state index in [-0.39, 0.29) is 24.2 Å². The summed E-state index contributed by atoms with van der Waals surface area (Å²) in [7, 11) is 0. The topological polar surface area (TPSA) is 72.1 Å². The van der Waals surface area contributed by atoms with Crippen LogP contribution in [0.4, 0.5) is 4.39 Å². The normalized spacial score (nSPS) is 16.8. The van der Waals surface area contributed by atoms with Crippen LogP contribution >= 0.6 is 0 Å². The molecule has 1 aliphatic heterocycles. The Balaban J connectivity index is 1.68. The van der Waals surface area contributed by atoms with Gasteiger partial charge in [0.2, 0.25) is 5.91 Å². The van der Waals surface area contributed by atoms with Gasteiger partial charge in [-0.15, -0.1) is 0 Å². The van der Waals surface area contributed by atoms with Crippen molar-refractivity contribution in [1.82, 2.24) is 20.0 Å². The van der Waals surface area contributed by atoms with Gasteiger partial charge in [0.15, 0.2) is 5.76 Å². The van der Waals surface area contributed by atoms with Crippen molar-refractivity contribution in [3.63, 3.8) is 0 Å². The molecule has 3 aromatic rings. The summed E-state index contributed by atoms with van der Waals surface area (Å²) in [6, 6.07) is 8.05. The lowest BCUT2D eigenvalue weighted by Crippen LogP contribution is -2.40. The molecule has 7 heteroatoms. The molecule has 1 saturated heterocycles. The minimum atomic E-state index is -0.356. The summed E-state index contributed by atoms with van der Waals surface area (Å²) >= 11 is 0. The van der Waals surface area contributed by atoms with E-state index in [2.05, 4.69) is 15.1 Å². The minimum absolute atomic E-state index is 0.0317. The third-order valence-electron chi connectivity index (χ3n) is 5.27. The van der Waals surface area contributed by atoms with Crippen molar-refractivity contribution >= 4 is 5.91 Å². The van der Waals surface area contributed by atoms with Gasteiger partial charge >= 0.3 is 0 Å². The van der Waals surface area contributed by atoms with Crippen LogP contribution in [0.3, 0.4) is 0 Å². The molecule has 1 unspecified atom stereocenters. The average molecular weight is 394 g/mol. The SMILES string of the molecule is Cc1cc(-c2cnc(C)nc2C2CCCCN2C(=O)Cc2ccccc2F)on1. The zero-order valence-electron chi connectivity index (χ0n) is 16.6. The highest BCUT2D eigenvalue weighted by Gasteiger charge is 2.32. The molecule has 0 bridgehead atoms. The van der Waals surface area contributed by atoms with E-state index in [9.17, 15) is 9.18 Å². The molecule has 1 amide bonds. The highest BCUT2D eigenvalue weighted by Crippen LogP contribution is 2.36. The van der Waals surface area contributed by atoms with Crippen LogP contribution in [0.1, 0.15) is 48.1 Å². The lowest BCUT2D eigenvalue weighted by molar-refractivity contribution is -0.134. The first kappa shape index (κ1) is 19.2. The molecule has 0 saturated carbocycles. The quantitative estimate of drug-likeness (QED) is 0.664. The largest absolute Gasteiger partial charge is 0.356 e. The maximum atomic E-state index is 14.1. The lowest BCUT2D eigenvalue weighted by Gasteiger charge is -2.36. The summed E-state index contributed by atoms with van der Waals surface area (Å²) in [4.78, 5) is 23.9. The molecule has 3 heterocycles. The minimum Gasteiger partial charge on any atom is -0.356 e. The number of hydrogen-bond donors (Lipinski definition) is 0. The molecule has 0 N–H and O–H groups in total. The van der Waals surface area contributed by atoms with Gasteiger partial charge in [0.05, 0.1) is 29.4 Å². The summed E-state index contributed by atoms with van der Waals surface area (Å²) < 4.78 is 19.5. The molecule has 1 atom stereocenters. The molecular weight excluding hydrogens is 371 g/mol. The molecule has 0 aliphatic carbocycles. The number of aromatic nitrogens is 3. The van der Waals surface area contributed by atoms with Gasteiger partial charge < -0.3 is 9.42 Å². The van der Waals surface area contributed by atoms with Gasteiger partial charge in [-0.3, -0.25) is 4.79 Å². The fourth-order valence-electron chi connectivity index (χ4n) is 3.84. The number of likely N-dealkylation sites (tertiary alicyclic amines) is 1. The predicted octanol–water partition coefficient (Wildman–Crippen LogP) is 4.18. The Morgan fingerprint density at radius 3 is 2.86 bits per heavy atom. The van der Waals surface area contributed by atoms with E-state index in [4.69, 9.17) is 4.52 Å². The predicted molar refractivity (Wildman–Crippen MR) is 105 cm³/mol. The molecule has 1 fully saturated rings. The Labute approximate surface area is 168 Å². The zero-order chi connectivity index (χ0) is 20.4. The van der Waals surface area contributed by atoms with E-state index in [1.807, 2.05) is 24.8 Å². The highest BCUT2D eigenvalue weighted by molar-refractivity contribution is 5.79. The van der Waals surface area contributed by atoms with Crippen LogP contribution in [0, 0.1) is 19.7 Å². The Morgan fingerprint density at radius 1 is 1.28 bits per heavy atom. The van der Waals surface area contributed by atoms with E-state index in [1.54, 1.807) is 24.4 Å². The fourth-order valence-corrected chi connectivity index (χ4v) is 3.84. The molecule has 4 rings (SSSR count). The number of piperidine rings is 1. The van der Waals surface area contributed by atoms with Crippen LogP contribution in [0.15, 0.2) is 41.1 Å². The van der Waals surface area contributed by atoms with Gasteiger partial charge in [-0.25, -0.2) is 14.4 Å². The number of aryl methyl sites for hydroxylation is 2. The summed E-state index contributed by atoms with van der Waals surface area (Å²) in [5.74, 6) is 0.762. The van der Waals surface area contributed by atoms with E-state index in [1.165, 1.54) is 6.07 Å². The molecule has 1 aliphatic rings. The monoisotopic (exact) mass is 394 g/mol. The van der Waals surface area contributed by atoms with Crippen molar-refractivity contribution < 1.29 is 13.7 Å². The van der Waals surface area contributed by atoms with Crippen molar-refractivity contribution in [2.45, 2.75) is 45.6 Å². The van der Waals surface area contributed by atoms with Crippen LogP contribution in [0.5, 0.6) is 0 Å². The van der Waals surface area contributed by atoms with Crippen LogP contribution in [0.2, 0.25) is 0 Å². The van der Waals surface area contributed by atoms with Gasteiger partial charge in [-0.1, -0.05) is 23.4 Å². The standard InChI is InChI=1S/C22H23FN4O2/c1-14-11-20(29-26-14)17-13-24-15(2)25-22(17)19-9-5-6-10-27(19)21(28)12-16-7-3-4-8-18(16)23/h3-4,7-8,11,13,19H,5-6,9-10,12H2,1-2H3. The molecule has 6 nitrogen and oxygen atoms in total. The number of amides is 1. The Morgan fingerprint density at radius 2 is 2.10 bits per heavy atom. The first-order valence-electron chi connectivity index (χ1n) is 9.83. The Hall–Kier alpha value is -3.09. The van der Waals surface area contributed by atoms with Gasteiger partial charge in [0.1, 0.15) is 11.6 Å². The van der Waals surface area contributed by atoms with Gasteiger partial charge in [0.25, 0.3) is 0 Å². The number of rotatable bonds is 4. The van der Waals surface area contributed by atoms with Gasteiger partial charge in [0, 0.05) is 18.8 Å². The van der Waals surface area contributed by atoms with Crippen molar-refractivity contribution in [2.75, 3.05) is 6.54 Å². The van der Waals surface area contributed by atoms with Crippen molar-refractivity contribution in [2.24, 2.45) is 0 Å². The molecule has 150 valence electrons. The third kappa shape index (κ3) is 4.04. The molecule has 29 heavy (non-hydrogen) atoms. The number of benzene rings is 1. The van der Waals surface area contributed by atoms with Crippen LogP contribution in [-0.4, -0.2) is 32.5 Å². The lowest BCUT2D eigenvalue weighted by atomic mass is 9.94. The number of carbonyl (C=O) groups is 1. The van der Waals surface area contributed by atoms with E-state index < -0.39 is 0 Å². The van der Waals surface area contributed by atoms with Gasteiger partial charge in [-0.2, -0.15) is 0 Å². The summed E-state index contributed by atoms with van der Waals surface area (Å²) in [5.41, 5.74) is 2.68. The summed E-state index contributed by atoms with van der Waals surface area (Å²) in [5, 5.41) is 3.97. The second-order valence-electron chi connectivity index (χ2n) is 7.42. The molecule has 1 aromatic carbocycles. The zero-order valence-corrected chi connectivity index (χ0v) is 16.6. The number of nitrogens with zero attached hydrogens (tertiary/aromatic N) is 4. The van der Waals surface area contributed by atoms with Crippen molar-refractivity contribution in [3.8, 4) is 11.3 Å². The molecular formula is C22H23FN4O2. The second-order valence-corrected chi connectivity index (χ2v) is 7.42. The van der Waals surface area contributed by atoms with Crippen LogP contribution < -0.4 is 0 Å². The van der Waals surface area contributed by atoms with Crippen LogP contribution in [-0.2, 0) is 11.2 Å². The first-order chi connectivity index (χ1) is 14.0. The van der Waals surface area contributed by atoms with Crippen molar-refractivity contribution in [1.29, 1.82) is 0 Å². The second kappa shape index (κ2) is 8.11. The van der Waals surface area contributed by atoms with E-state index >= 15 is 0 Å². The fraction of sp³-hybridized carbons (Fsp3) is 0.364. The molecule has 0 spiro atoms. The van der Waals surface area contributed by atoms with Crippen molar-refractivity contribution in [3.05, 3.63) is 65.1 Å². The number of halogens is 1. The maximum absolute atomic E-state index is 14.1. The molecule has 0 radical (unpaired) electrons. The average Bonchev–Trinajstić information content (AvgIpc) is 3.15. The molecule has 2 aromatic heterocycles. The number of carbonyl (C=O) groups excluding carboxylic acids is 1. The Kier molecular flexibility index (Phi) is 5.38. The smallest absolute Gasteiger partial charge is 0.227 e. The summed E-state index contributed by atoms with van der Waals surface area (Å²) in [6.07, 6.45) is 4.46. The summed E-state index contributed by atoms with van der Waals surface area (Å²) in [6.45, 7) is 4.30. The van der Waals surface area contributed by atoms with E-state index in [0.29, 0.717) is 23.7 Å². The van der Waals surface area contributed by atoms with Gasteiger partial charge in [-0.05, 0) is 44.7 Å². The third-order valence-corrected chi connectivity index (χ3v) is 5.27. The van der Waals surface area contributed by atoms with Crippen LogP contribution in [0.25, 0.3) is 11.3 Å². The maximum Gasteiger partial charge on any atom is 0.227 e. The Bertz CT molecular complexity index is 1030. The number of hydrogen-bond acceptors (Lipinski definition) is 5. The first-order valence-corrected chi connectivity index (χ1v) is 9.83. The van der Waals surface area contributed by atoms with E-state index in [0.717, 1.165) is 36.2 Å².